The highest BCUT2D eigenvalue weighted by molar-refractivity contribution is 6.02. The van der Waals surface area contributed by atoms with Crippen molar-refractivity contribution >= 4 is 11.7 Å². The van der Waals surface area contributed by atoms with E-state index in [1.54, 1.807) is 6.92 Å². The van der Waals surface area contributed by atoms with E-state index in [1.165, 1.54) is 11.8 Å². The van der Waals surface area contributed by atoms with E-state index in [4.69, 9.17) is 0 Å². The number of aromatic nitrogens is 1. The molecule has 1 aliphatic heterocycles. The van der Waals surface area contributed by atoms with Crippen LogP contribution in [0.1, 0.15) is 52.4 Å². The third-order valence-corrected chi connectivity index (χ3v) is 4.80. The first kappa shape index (κ1) is 21.4. The standard InChI is InChI=1S/C18H27F3N4O2/c1-4-5-13-15(12(3)26)11(2)24-16(13)17(27)23-10-14(18(19,20)21)25-8-6-22-7-9-25/h14,22,24H,4-10H2,1-3H3,(H,23,27). The van der Waals surface area contributed by atoms with Gasteiger partial charge in [0.25, 0.3) is 5.91 Å². The molecule has 1 fully saturated rings. The molecule has 1 atom stereocenters. The molecule has 0 spiro atoms. The third-order valence-electron chi connectivity index (χ3n) is 4.80. The average Bonchev–Trinajstić information content (AvgIpc) is 2.91. The van der Waals surface area contributed by atoms with Crippen LogP contribution >= 0.6 is 0 Å². The molecule has 1 aromatic heterocycles. The van der Waals surface area contributed by atoms with Gasteiger partial charge in [-0.3, -0.25) is 14.5 Å². The third kappa shape index (κ3) is 5.10. The number of hydrogen-bond donors (Lipinski definition) is 3. The van der Waals surface area contributed by atoms with Crippen LogP contribution in [0, 0.1) is 6.92 Å². The fourth-order valence-corrected chi connectivity index (χ4v) is 3.57. The Morgan fingerprint density at radius 3 is 2.41 bits per heavy atom. The van der Waals surface area contributed by atoms with E-state index >= 15 is 0 Å². The fourth-order valence-electron chi connectivity index (χ4n) is 3.57. The first-order chi connectivity index (χ1) is 12.7. The van der Waals surface area contributed by atoms with Crippen LogP contribution in [-0.4, -0.2) is 66.5 Å². The summed E-state index contributed by atoms with van der Waals surface area (Å²) in [5.74, 6) is -0.779. The van der Waals surface area contributed by atoms with E-state index in [0.717, 1.165) is 0 Å². The molecule has 1 aromatic rings. The number of rotatable bonds is 7. The number of nitrogens with one attached hydrogen (secondary N) is 3. The maximum absolute atomic E-state index is 13.5. The number of Topliss-reactive ketones (excluding diaryl/α,β-unsaturated/α-hetero) is 1. The quantitative estimate of drug-likeness (QED) is 0.625. The molecule has 1 aliphatic rings. The maximum atomic E-state index is 13.5. The molecule has 1 unspecified atom stereocenters. The van der Waals surface area contributed by atoms with Crippen LogP contribution in [0.25, 0.3) is 0 Å². The molecule has 2 heterocycles. The van der Waals surface area contributed by atoms with Gasteiger partial charge in [0.15, 0.2) is 5.78 Å². The zero-order valence-corrected chi connectivity index (χ0v) is 15.9. The number of hydrogen-bond acceptors (Lipinski definition) is 4. The summed E-state index contributed by atoms with van der Waals surface area (Å²) >= 11 is 0. The van der Waals surface area contributed by atoms with Crippen molar-refractivity contribution in [3.63, 3.8) is 0 Å². The van der Waals surface area contributed by atoms with Gasteiger partial charge in [0.2, 0.25) is 0 Å². The summed E-state index contributed by atoms with van der Waals surface area (Å²) in [5, 5.41) is 5.44. The van der Waals surface area contributed by atoms with Crippen molar-refractivity contribution < 1.29 is 22.8 Å². The topological polar surface area (TPSA) is 77.2 Å². The predicted molar refractivity (Wildman–Crippen MR) is 96.1 cm³/mol. The van der Waals surface area contributed by atoms with Gasteiger partial charge in [-0.1, -0.05) is 13.3 Å². The van der Waals surface area contributed by atoms with Gasteiger partial charge in [0.05, 0.1) is 0 Å². The number of carbonyl (C=O) groups is 2. The molecule has 1 amide bonds. The summed E-state index contributed by atoms with van der Waals surface area (Å²) in [7, 11) is 0. The second kappa shape index (κ2) is 8.88. The van der Waals surface area contributed by atoms with Gasteiger partial charge in [0, 0.05) is 44.0 Å². The van der Waals surface area contributed by atoms with Crippen LogP contribution in [0.3, 0.4) is 0 Å². The minimum Gasteiger partial charge on any atom is -0.354 e. The van der Waals surface area contributed by atoms with Crippen molar-refractivity contribution in [2.75, 3.05) is 32.7 Å². The molecule has 2 rings (SSSR count). The highest BCUT2D eigenvalue weighted by atomic mass is 19.4. The van der Waals surface area contributed by atoms with Crippen molar-refractivity contribution in [2.45, 2.75) is 45.8 Å². The average molecular weight is 388 g/mol. The highest BCUT2D eigenvalue weighted by Gasteiger charge is 2.44. The maximum Gasteiger partial charge on any atom is 0.405 e. The number of nitrogens with zero attached hydrogens (tertiary/aromatic N) is 1. The number of alkyl halides is 3. The molecule has 0 aromatic carbocycles. The largest absolute Gasteiger partial charge is 0.405 e. The first-order valence-electron chi connectivity index (χ1n) is 9.18. The monoisotopic (exact) mass is 388 g/mol. The fraction of sp³-hybridized carbons (Fsp3) is 0.667. The molecular weight excluding hydrogens is 361 g/mol. The molecule has 0 radical (unpaired) electrons. The lowest BCUT2D eigenvalue weighted by Crippen LogP contribution is -2.57. The Balaban J connectivity index is 2.18. The number of amides is 1. The lowest BCUT2D eigenvalue weighted by molar-refractivity contribution is -0.183. The Morgan fingerprint density at radius 1 is 1.26 bits per heavy atom. The van der Waals surface area contributed by atoms with E-state index in [0.29, 0.717) is 42.8 Å². The van der Waals surface area contributed by atoms with E-state index < -0.39 is 24.7 Å². The second-order valence-electron chi connectivity index (χ2n) is 6.84. The van der Waals surface area contributed by atoms with Gasteiger partial charge in [-0.05, 0) is 25.8 Å². The second-order valence-corrected chi connectivity index (χ2v) is 6.84. The Labute approximate surface area is 156 Å². The minimum atomic E-state index is -4.44. The first-order valence-corrected chi connectivity index (χ1v) is 9.18. The van der Waals surface area contributed by atoms with E-state index in [1.807, 2.05) is 6.92 Å². The SMILES string of the molecule is CCCc1c(C(=O)NCC(N2CCNCC2)C(F)(F)F)[nH]c(C)c1C(C)=O. The van der Waals surface area contributed by atoms with Crippen LogP contribution in [0.15, 0.2) is 0 Å². The number of piperazine rings is 1. The lowest BCUT2D eigenvalue weighted by Gasteiger charge is -2.35. The summed E-state index contributed by atoms with van der Waals surface area (Å²) < 4.78 is 40.4. The van der Waals surface area contributed by atoms with Crippen LogP contribution in [0.2, 0.25) is 0 Å². The van der Waals surface area contributed by atoms with Crippen LogP contribution in [0.5, 0.6) is 0 Å². The molecule has 0 saturated carbocycles. The van der Waals surface area contributed by atoms with Gasteiger partial charge < -0.3 is 15.6 Å². The molecule has 152 valence electrons. The number of carbonyl (C=O) groups excluding carboxylic acids is 2. The van der Waals surface area contributed by atoms with Crippen molar-refractivity contribution in [1.29, 1.82) is 0 Å². The molecule has 1 saturated heterocycles. The highest BCUT2D eigenvalue weighted by Crippen LogP contribution is 2.25. The van der Waals surface area contributed by atoms with Crippen LogP contribution in [-0.2, 0) is 6.42 Å². The summed E-state index contributed by atoms with van der Waals surface area (Å²) in [6.07, 6.45) is -3.22. The van der Waals surface area contributed by atoms with Crippen molar-refractivity contribution in [1.82, 2.24) is 20.5 Å². The number of aromatic amines is 1. The molecule has 0 aliphatic carbocycles. The predicted octanol–water partition coefficient (Wildman–Crippen LogP) is 2.04. The molecule has 27 heavy (non-hydrogen) atoms. The van der Waals surface area contributed by atoms with Crippen LogP contribution in [0.4, 0.5) is 13.2 Å². The number of H-pyrrole nitrogens is 1. The molecule has 0 bridgehead atoms. The Hall–Kier alpha value is -1.87. The molecular formula is C18H27F3N4O2. The smallest absolute Gasteiger partial charge is 0.354 e. The van der Waals surface area contributed by atoms with Crippen LogP contribution < -0.4 is 10.6 Å². The Kier molecular flexibility index (Phi) is 7.05. The van der Waals surface area contributed by atoms with Gasteiger partial charge in [-0.25, -0.2) is 0 Å². The number of ketones is 1. The summed E-state index contributed by atoms with van der Waals surface area (Å²) in [6.45, 7) is 6.01. The minimum absolute atomic E-state index is 0.166. The summed E-state index contributed by atoms with van der Waals surface area (Å²) in [6, 6.07) is -1.73. The summed E-state index contributed by atoms with van der Waals surface area (Å²) in [5.41, 5.74) is 1.77. The zero-order chi connectivity index (χ0) is 20.2. The van der Waals surface area contributed by atoms with E-state index in [9.17, 15) is 22.8 Å². The van der Waals surface area contributed by atoms with Crippen molar-refractivity contribution in [3.05, 3.63) is 22.5 Å². The zero-order valence-electron chi connectivity index (χ0n) is 15.9. The summed E-state index contributed by atoms with van der Waals surface area (Å²) in [4.78, 5) is 28.7. The Morgan fingerprint density at radius 2 is 1.89 bits per heavy atom. The lowest BCUT2D eigenvalue weighted by atomic mass is 10.0. The van der Waals surface area contributed by atoms with Gasteiger partial charge in [-0.15, -0.1) is 0 Å². The van der Waals surface area contributed by atoms with Crippen molar-refractivity contribution in [2.24, 2.45) is 0 Å². The van der Waals surface area contributed by atoms with E-state index in [2.05, 4.69) is 15.6 Å². The van der Waals surface area contributed by atoms with Gasteiger partial charge in [-0.2, -0.15) is 13.2 Å². The van der Waals surface area contributed by atoms with Gasteiger partial charge >= 0.3 is 6.18 Å². The Bertz CT molecular complexity index is 679. The normalized spacial score (nSPS) is 17.0. The molecule has 6 nitrogen and oxygen atoms in total. The van der Waals surface area contributed by atoms with Crippen molar-refractivity contribution in [3.8, 4) is 0 Å². The number of aryl methyl sites for hydroxylation is 1. The molecule has 3 N–H and O–H groups in total. The molecule has 9 heteroatoms. The number of halogens is 3. The van der Waals surface area contributed by atoms with Gasteiger partial charge in [0.1, 0.15) is 11.7 Å². The van der Waals surface area contributed by atoms with E-state index in [-0.39, 0.29) is 24.6 Å².